The van der Waals surface area contributed by atoms with Gasteiger partial charge in [-0.05, 0) is 35.2 Å². The molecular formula is C19H17NO2. The van der Waals surface area contributed by atoms with Gasteiger partial charge in [0.15, 0.2) is 11.5 Å². The Hall–Kier alpha value is -2.81. The van der Waals surface area contributed by atoms with E-state index in [-0.39, 0.29) is 0 Å². The summed E-state index contributed by atoms with van der Waals surface area (Å²) in [5.41, 5.74) is 1.92. The van der Waals surface area contributed by atoms with Crippen LogP contribution in [0.2, 0.25) is 0 Å². The fourth-order valence-electron chi connectivity index (χ4n) is 2.40. The number of aliphatic imine (C=N–C) groups is 1. The highest BCUT2D eigenvalue weighted by molar-refractivity contribution is 5.95. The van der Waals surface area contributed by atoms with Crippen LogP contribution in [0, 0.1) is 0 Å². The van der Waals surface area contributed by atoms with E-state index in [1.54, 1.807) is 14.2 Å². The summed E-state index contributed by atoms with van der Waals surface area (Å²) in [6.07, 6.45) is 1.84. The Morgan fingerprint density at radius 3 is 2.41 bits per heavy atom. The van der Waals surface area contributed by atoms with Crippen LogP contribution < -0.4 is 9.47 Å². The lowest BCUT2D eigenvalue weighted by Crippen LogP contribution is -1.91. The van der Waals surface area contributed by atoms with Crippen LogP contribution in [0.25, 0.3) is 10.8 Å². The first kappa shape index (κ1) is 14.1. The minimum atomic E-state index is 0.698. The van der Waals surface area contributed by atoms with Crippen LogP contribution in [-0.4, -0.2) is 20.4 Å². The van der Waals surface area contributed by atoms with Crippen molar-refractivity contribution in [1.29, 1.82) is 0 Å². The molecule has 0 saturated carbocycles. The van der Waals surface area contributed by atoms with E-state index in [4.69, 9.17) is 9.47 Å². The van der Waals surface area contributed by atoms with E-state index < -0.39 is 0 Å². The molecule has 0 aliphatic rings. The van der Waals surface area contributed by atoms with Crippen molar-refractivity contribution in [3.8, 4) is 11.5 Å². The van der Waals surface area contributed by atoms with Crippen molar-refractivity contribution >= 4 is 22.7 Å². The Bertz CT molecular complexity index is 819. The SMILES string of the molecule is COc1ccc(C=Nc2cccc3ccccc23)cc1OC. The van der Waals surface area contributed by atoms with Crippen LogP contribution in [0.15, 0.2) is 65.7 Å². The fraction of sp³-hybridized carbons (Fsp3) is 0.105. The van der Waals surface area contributed by atoms with Gasteiger partial charge in [-0.2, -0.15) is 0 Å². The first-order chi connectivity index (χ1) is 10.8. The Labute approximate surface area is 129 Å². The number of nitrogens with zero attached hydrogens (tertiary/aromatic N) is 1. The summed E-state index contributed by atoms with van der Waals surface area (Å²) in [6.45, 7) is 0. The average molecular weight is 291 g/mol. The van der Waals surface area contributed by atoms with E-state index in [1.165, 1.54) is 5.39 Å². The van der Waals surface area contributed by atoms with Crippen molar-refractivity contribution in [3.05, 3.63) is 66.2 Å². The predicted octanol–water partition coefficient (Wildman–Crippen LogP) is 4.61. The number of hydrogen-bond donors (Lipinski definition) is 0. The number of rotatable bonds is 4. The summed E-state index contributed by atoms with van der Waals surface area (Å²) in [5.74, 6) is 1.41. The quantitative estimate of drug-likeness (QED) is 0.657. The van der Waals surface area contributed by atoms with E-state index in [2.05, 4.69) is 23.2 Å². The average Bonchev–Trinajstić information content (AvgIpc) is 2.59. The zero-order valence-corrected chi connectivity index (χ0v) is 12.6. The van der Waals surface area contributed by atoms with Gasteiger partial charge in [0.2, 0.25) is 0 Å². The maximum absolute atomic E-state index is 5.31. The molecule has 0 bridgehead atoms. The van der Waals surface area contributed by atoms with Crippen LogP contribution in [0.4, 0.5) is 5.69 Å². The van der Waals surface area contributed by atoms with Crippen LogP contribution in [-0.2, 0) is 0 Å². The third-order valence-electron chi connectivity index (χ3n) is 3.53. The molecule has 3 nitrogen and oxygen atoms in total. The molecular weight excluding hydrogens is 274 g/mol. The number of benzene rings is 3. The molecule has 0 saturated heterocycles. The molecule has 3 rings (SSSR count). The Kier molecular flexibility index (Phi) is 4.05. The molecule has 0 aliphatic heterocycles. The largest absolute Gasteiger partial charge is 0.493 e. The summed E-state index contributed by atoms with van der Waals surface area (Å²) < 4.78 is 10.6. The zero-order chi connectivity index (χ0) is 15.4. The van der Waals surface area contributed by atoms with Gasteiger partial charge in [0.1, 0.15) is 0 Å². The van der Waals surface area contributed by atoms with E-state index in [1.807, 2.05) is 48.7 Å². The third-order valence-corrected chi connectivity index (χ3v) is 3.53. The van der Waals surface area contributed by atoms with Crippen molar-refractivity contribution < 1.29 is 9.47 Å². The summed E-state index contributed by atoms with van der Waals surface area (Å²) >= 11 is 0. The first-order valence-electron chi connectivity index (χ1n) is 7.05. The number of ether oxygens (including phenoxy) is 2. The molecule has 0 atom stereocenters. The van der Waals surface area contributed by atoms with Gasteiger partial charge in [-0.1, -0.05) is 36.4 Å². The first-order valence-corrected chi connectivity index (χ1v) is 7.05. The van der Waals surface area contributed by atoms with Crippen LogP contribution >= 0.6 is 0 Å². The normalized spacial score (nSPS) is 11.0. The molecule has 3 aromatic rings. The monoisotopic (exact) mass is 291 g/mol. The van der Waals surface area contributed by atoms with Crippen molar-refractivity contribution in [2.24, 2.45) is 4.99 Å². The van der Waals surface area contributed by atoms with Gasteiger partial charge in [0, 0.05) is 11.6 Å². The van der Waals surface area contributed by atoms with Gasteiger partial charge in [-0.3, -0.25) is 4.99 Å². The molecule has 0 N–H and O–H groups in total. The molecule has 3 aromatic carbocycles. The molecule has 0 aromatic heterocycles. The predicted molar refractivity (Wildman–Crippen MR) is 90.7 cm³/mol. The minimum Gasteiger partial charge on any atom is -0.493 e. The van der Waals surface area contributed by atoms with Crippen LogP contribution in [0.3, 0.4) is 0 Å². The molecule has 110 valence electrons. The van der Waals surface area contributed by atoms with Crippen molar-refractivity contribution in [1.82, 2.24) is 0 Å². The lowest BCUT2D eigenvalue weighted by Gasteiger charge is -2.07. The van der Waals surface area contributed by atoms with Gasteiger partial charge in [0.05, 0.1) is 19.9 Å². The fourth-order valence-corrected chi connectivity index (χ4v) is 2.40. The smallest absolute Gasteiger partial charge is 0.161 e. The Balaban J connectivity index is 1.96. The molecule has 0 unspecified atom stereocenters. The number of fused-ring (bicyclic) bond motifs is 1. The number of hydrogen-bond acceptors (Lipinski definition) is 3. The highest BCUT2D eigenvalue weighted by atomic mass is 16.5. The second-order valence-corrected chi connectivity index (χ2v) is 4.87. The lowest BCUT2D eigenvalue weighted by atomic mass is 10.1. The van der Waals surface area contributed by atoms with Gasteiger partial charge >= 0.3 is 0 Å². The highest BCUT2D eigenvalue weighted by Crippen LogP contribution is 2.28. The molecule has 22 heavy (non-hydrogen) atoms. The van der Waals surface area contributed by atoms with Gasteiger partial charge in [-0.25, -0.2) is 0 Å². The molecule has 0 amide bonds. The molecule has 0 radical (unpaired) electrons. The summed E-state index contributed by atoms with van der Waals surface area (Å²) in [6, 6.07) is 20.1. The second-order valence-electron chi connectivity index (χ2n) is 4.87. The van der Waals surface area contributed by atoms with Gasteiger partial charge in [0.25, 0.3) is 0 Å². The topological polar surface area (TPSA) is 30.8 Å². The maximum Gasteiger partial charge on any atom is 0.161 e. The van der Waals surface area contributed by atoms with Gasteiger partial charge in [-0.15, -0.1) is 0 Å². The Morgan fingerprint density at radius 1 is 0.818 bits per heavy atom. The van der Waals surface area contributed by atoms with E-state index in [9.17, 15) is 0 Å². The molecule has 0 heterocycles. The van der Waals surface area contributed by atoms with Crippen molar-refractivity contribution in [3.63, 3.8) is 0 Å². The number of methoxy groups -OCH3 is 2. The second kappa shape index (κ2) is 6.31. The molecule has 3 heteroatoms. The van der Waals surface area contributed by atoms with Crippen molar-refractivity contribution in [2.75, 3.05) is 14.2 Å². The van der Waals surface area contributed by atoms with Crippen molar-refractivity contribution in [2.45, 2.75) is 0 Å². The third kappa shape index (κ3) is 2.79. The van der Waals surface area contributed by atoms with Gasteiger partial charge < -0.3 is 9.47 Å². The highest BCUT2D eigenvalue weighted by Gasteiger charge is 2.03. The maximum atomic E-state index is 5.31. The Morgan fingerprint density at radius 2 is 1.59 bits per heavy atom. The minimum absolute atomic E-state index is 0.698. The van der Waals surface area contributed by atoms with Crippen LogP contribution in [0.1, 0.15) is 5.56 Å². The molecule has 0 spiro atoms. The standard InChI is InChI=1S/C19H17NO2/c1-21-18-11-10-14(12-19(18)22-2)13-20-17-9-5-7-15-6-3-4-8-16(15)17/h3-13H,1-2H3. The van der Waals surface area contributed by atoms with Crippen LogP contribution in [0.5, 0.6) is 11.5 Å². The van der Waals surface area contributed by atoms with E-state index in [0.717, 1.165) is 16.6 Å². The zero-order valence-electron chi connectivity index (χ0n) is 12.6. The summed E-state index contributed by atoms with van der Waals surface area (Å²) in [7, 11) is 3.26. The molecule has 0 aliphatic carbocycles. The van der Waals surface area contributed by atoms with E-state index >= 15 is 0 Å². The molecule has 0 fully saturated rings. The van der Waals surface area contributed by atoms with E-state index in [0.29, 0.717) is 11.5 Å². The summed E-state index contributed by atoms with van der Waals surface area (Å²) in [4.78, 5) is 4.61. The summed E-state index contributed by atoms with van der Waals surface area (Å²) in [5, 5.41) is 2.33. The lowest BCUT2D eigenvalue weighted by molar-refractivity contribution is 0.355.